The molecule has 19 heavy (non-hydrogen) atoms. The van der Waals surface area contributed by atoms with Gasteiger partial charge in [0.05, 0.1) is 12.1 Å². The van der Waals surface area contributed by atoms with Gasteiger partial charge in [-0.15, -0.1) is 0 Å². The fourth-order valence-electron chi connectivity index (χ4n) is 1.94. The van der Waals surface area contributed by atoms with Crippen LogP contribution in [0.2, 0.25) is 5.02 Å². The van der Waals surface area contributed by atoms with Crippen molar-refractivity contribution < 1.29 is 9.13 Å². The molecule has 0 amide bonds. The van der Waals surface area contributed by atoms with Crippen LogP contribution in [0, 0.1) is 5.82 Å². The van der Waals surface area contributed by atoms with Crippen LogP contribution in [0.15, 0.2) is 42.5 Å². The number of nitrogens with two attached hydrogens (primary N) is 1. The van der Waals surface area contributed by atoms with Gasteiger partial charge in [0, 0.05) is 6.04 Å². The van der Waals surface area contributed by atoms with Crippen LogP contribution in [-0.4, -0.2) is 7.11 Å². The van der Waals surface area contributed by atoms with Crippen LogP contribution in [0.25, 0.3) is 0 Å². The van der Waals surface area contributed by atoms with Crippen LogP contribution in [0.5, 0.6) is 5.75 Å². The molecule has 0 spiro atoms. The summed E-state index contributed by atoms with van der Waals surface area (Å²) in [6.07, 6.45) is 0.558. The molecule has 0 radical (unpaired) electrons. The zero-order valence-corrected chi connectivity index (χ0v) is 11.3. The van der Waals surface area contributed by atoms with Crippen molar-refractivity contribution in [2.45, 2.75) is 12.5 Å². The van der Waals surface area contributed by atoms with Crippen molar-refractivity contribution in [3.05, 3.63) is 64.4 Å². The van der Waals surface area contributed by atoms with E-state index >= 15 is 0 Å². The van der Waals surface area contributed by atoms with E-state index < -0.39 is 0 Å². The van der Waals surface area contributed by atoms with Crippen molar-refractivity contribution in [1.29, 1.82) is 0 Å². The van der Waals surface area contributed by atoms with Crippen LogP contribution in [0.3, 0.4) is 0 Å². The summed E-state index contributed by atoms with van der Waals surface area (Å²) >= 11 is 5.97. The quantitative estimate of drug-likeness (QED) is 0.925. The number of ether oxygens (including phenoxy) is 1. The van der Waals surface area contributed by atoms with Crippen molar-refractivity contribution in [1.82, 2.24) is 0 Å². The highest BCUT2D eigenvalue weighted by atomic mass is 35.5. The van der Waals surface area contributed by atoms with Crippen molar-refractivity contribution in [2.24, 2.45) is 5.73 Å². The minimum atomic E-state index is -0.251. The molecule has 2 N–H and O–H groups in total. The Labute approximate surface area is 117 Å². The summed E-state index contributed by atoms with van der Waals surface area (Å²) in [5, 5.41) is 0.546. The predicted octanol–water partition coefficient (Wildman–Crippen LogP) is 3.73. The van der Waals surface area contributed by atoms with Crippen molar-refractivity contribution in [2.75, 3.05) is 7.11 Å². The molecule has 0 aliphatic heterocycles. The van der Waals surface area contributed by atoms with Gasteiger partial charge in [0.2, 0.25) is 0 Å². The molecule has 2 aromatic carbocycles. The number of hydrogen-bond donors (Lipinski definition) is 1. The summed E-state index contributed by atoms with van der Waals surface area (Å²) in [5.74, 6) is 0.340. The highest BCUT2D eigenvalue weighted by molar-refractivity contribution is 6.32. The molecule has 0 fully saturated rings. The maximum absolute atomic E-state index is 13.1. The molecule has 0 bridgehead atoms. The summed E-state index contributed by atoms with van der Waals surface area (Å²) in [7, 11) is 1.56. The van der Waals surface area contributed by atoms with Gasteiger partial charge in [-0.25, -0.2) is 4.39 Å². The van der Waals surface area contributed by atoms with Gasteiger partial charge in [-0.1, -0.05) is 29.8 Å². The van der Waals surface area contributed by atoms with E-state index in [2.05, 4.69) is 0 Å². The Bertz CT molecular complexity index is 574. The molecule has 100 valence electrons. The Balaban J connectivity index is 2.18. The fourth-order valence-corrected chi connectivity index (χ4v) is 2.14. The van der Waals surface area contributed by atoms with E-state index in [1.165, 1.54) is 12.1 Å². The molecule has 0 heterocycles. The number of methoxy groups -OCH3 is 1. The predicted molar refractivity (Wildman–Crippen MR) is 75.0 cm³/mol. The molecule has 0 aliphatic carbocycles. The van der Waals surface area contributed by atoms with Crippen LogP contribution in [-0.2, 0) is 6.42 Å². The zero-order valence-electron chi connectivity index (χ0n) is 10.6. The first-order valence-corrected chi connectivity index (χ1v) is 6.31. The highest BCUT2D eigenvalue weighted by Crippen LogP contribution is 2.28. The summed E-state index contributed by atoms with van der Waals surface area (Å²) in [6, 6.07) is 11.6. The summed E-state index contributed by atoms with van der Waals surface area (Å²) in [4.78, 5) is 0. The van der Waals surface area contributed by atoms with Gasteiger partial charge < -0.3 is 10.5 Å². The molecular weight excluding hydrogens is 265 g/mol. The van der Waals surface area contributed by atoms with E-state index in [0.717, 1.165) is 11.1 Å². The van der Waals surface area contributed by atoms with Gasteiger partial charge in [0.15, 0.2) is 0 Å². The number of halogens is 2. The maximum Gasteiger partial charge on any atom is 0.137 e. The Morgan fingerprint density at radius 3 is 2.74 bits per heavy atom. The van der Waals surface area contributed by atoms with Gasteiger partial charge in [-0.05, 0) is 41.8 Å². The Kier molecular flexibility index (Phi) is 4.40. The zero-order chi connectivity index (χ0) is 13.8. The first-order valence-electron chi connectivity index (χ1n) is 5.93. The first-order chi connectivity index (χ1) is 9.10. The van der Waals surface area contributed by atoms with Gasteiger partial charge in [-0.2, -0.15) is 0 Å². The van der Waals surface area contributed by atoms with Gasteiger partial charge in [-0.3, -0.25) is 0 Å². The van der Waals surface area contributed by atoms with E-state index in [-0.39, 0.29) is 11.9 Å². The molecule has 1 unspecified atom stereocenters. The molecule has 1 atom stereocenters. The fraction of sp³-hybridized carbons (Fsp3) is 0.200. The molecule has 2 aromatic rings. The lowest BCUT2D eigenvalue weighted by molar-refractivity contribution is 0.414. The lowest BCUT2D eigenvalue weighted by atomic mass is 9.99. The van der Waals surface area contributed by atoms with E-state index in [0.29, 0.717) is 17.2 Å². The molecule has 2 nitrogen and oxygen atoms in total. The van der Waals surface area contributed by atoms with Crippen LogP contribution >= 0.6 is 11.6 Å². The van der Waals surface area contributed by atoms with Crippen molar-refractivity contribution in [3.63, 3.8) is 0 Å². The highest BCUT2D eigenvalue weighted by Gasteiger charge is 2.10. The summed E-state index contributed by atoms with van der Waals surface area (Å²) < 4.78 is 18.3. The second kappa shape index (κ2) is 6.04. The molecule has 2 rings (SSSR count). The molecule has 0 aliphatic rings. The molecule has 0 saturated heterocycles. The van der Waals surface area contributed by atoms with Gasteiger partial charge in [0.1, 0.15) is 11.6 Å². The molecule has 4 heteroatoms. The van der Waals surface area contributed by atoms with E-state index in [9.17, 15) is 4.39 Å². The van der Waals surface area contributed by atoms with Gasteiger partial charge >= 0.3 is 0 Å². The Hall–Kier alpha value is -1.58. The Morgan fingerprint density at radius 1 is 1.26 bits per heavy atom. The summed E-state index contributed by atoms with van der Waals surface area (Å²) in [5.41, 5.74) is 7.90. The number of rotatable bonds is 4. The van der Waals surface area contributed by atoms with Crippen molar-refractivity contribution >= 4 is 11.6 Å². The van der Waals surface area contributed by atoms with Crippen LogP contribution < -0.4 is 10.5 Å². The second-order valence-corrected chi connectivity index (χ2v) is 4.74. The molecular formula is C15H15ClFNO. The lowest BCUT2D eigenvalue weighted by Gasteiger charge is -2.14. The second-order valence-electron chi connectivity index (χ2n) is 4.33. The average molecular weight is 280 g/mol. The van der Waals surface area contributed by atoms with E-state index in [4.69, 9.17) is 22.1 Å². The third-order valence-electron chi connectivity index (χ3n) is 2.95. The molecule has 0 saturated carbocycles. The van der Waals surface area contributed by atoms with Crippen LogP contribution in [0.1, 0.15) is 17.2 Å². The largest absolute Gasteiger partial charge is 0.495 e. The number of hydrogen-bond acceptors (Lipinski definition) is 2. The average Bonchev–Trinajstić information content (AvgIpc) is 2.39. The Morgan fingerprint density at radius 2 is 2.05 bits per heavy atom. The third-order valence-corrected chi connectivity index (χ3v) is 3.26. The first kappa shape index (κ1) is 13.8. The summed E-state index contributed by atoms with van der Waals surface area (Å²) in [6.45, 7) is 0. The van der Waals surface area contributed by atoms with Crippen LogP contribution in [0.4, 0.5) is 4.39 Å². The van der Waals surface area contributed by atoms with Crippen molar-refractivity contribution in [3.8, 4) is 5.75 Å². The minimum absolute atomic E-state index is 0.229. The normalized spacial score (nSPS) is 12.2. The smallest absolute Gasteiger partial charge is 0.137 e. The lowest BCUT2D eigenvalue weighted by Crippen LogP contribution is -2.13. The SMILES string of the molecule is COc1cc(C(N)Cc2cccc(F)c2)ccc1Cl. The molecule has 0 aromatic heterocycles. The topological polar surface area (TPSA) is 35.2 Å². The maximum atomic E-state index is 13.1. The standard InChI is InChI=1S/C15H15ClFNO/c1-19-15-9-11(5-6-13(15)16)14(18)8-10-3-2-4-12(17)7-10/h2-7,9,14H,8,18H2,1H3. The monoisotopic (exact) mass is 279 g/mol. The van der Waals surface area contributed by atoms with E-state index in [1.807, 2.05) is 18.2 Å². The minimum Gasteiger partial charge on any atom is -0.495 e. The number of benzene rings is 2. The van der Waals surface area contributed by atoms with Gasteiger partial charge in [0.25, 0.3) is 0 Å². The third kappa shape index (κ3) is 3.46. The van der Waals surface area contributed by atoms with E-state index in [1.54, 1.807) is 19.2 Å².